The first-order valence-electron chi connectivity index (χ1n) is 9.96. The third-order valence-electron chi connectivity index (χ3n) is 5.43. The van der Waals surface area contributed by atoms with Crippen molar-refractivity contribution < 1.29 is 28.4 Å². The molecule has 0 bridgehead atoms. The van der Waals surface area contributed by atoms with Crippen LogP contribution in [0.3, 0.4) is 0 Å². The average molecular weight is 454 g/mol. The van der Waals surface area contributed by atoms with Crippen LogP contribution in [0.1, 0.15) is 18.1 Å². The average Bonchev–Trinajstić information content (AvgIpc) is 3.26. The van der Waals surface area contributed by atoms with Crippen molar-refractivity contribution in [3.63, 3.8) is 0 Å². The van der Waals surface area contributed by atoms with Crippen molar-refractivity contribution in [1.29, 1.82) is 0 Å². The second-order valence-electron chi connectivity index (χ2n) is 7.64. The summed E-state index contributed by atoms with van der Waals surface area (Å²) in [6.45, 7) is 1.63. The third-order valence-corrected chi connectivity index (χ3v) is 5.43. The van der Waals surface area contributed by atoms with Crippen LogP contribution >= 0.6 is 0 Å². The standard InChI is InChI=1S/C22H19FN4O6/c1-12(28)24-10-16-11-26(22(30)33-16)14-4-3-13(19(23)9-14)7-18-17-8-15(27(31)32)5-6-20(17)25(2)21(18)29/h3-9,16H,10-11H2,1-2H3,(H,24,28)/b18-7+. The van der Waals surface area contributed by atoms with Gasteiger partial charge in [0.25, 0.3) is 11.6 Å². The number of cyclic esters (lactones) is 1. The van der Waals surface area contributed by atoms with Crippen LogP contribution in [-0.2, 0) is 14.3 Å². The van der Waals surface area contributed by atoms with Gasteiger partial charge in [0.05, 0.1) is 35.0 Å². The minimum absolute atomic E-state index is 0.0808. The van der Waals surface area contributed by atoms with E-state index in [0.29, 0.717) is 11.3 Å². The summed E-state index contributed by atoms with van der Waals surface area (Å²) < 4.78 is 20.1. The second-order valence-corrected chi connectivity index (χ2v) is 7.64. The fraction of sp³-hybridized carbons (Fsp3) is 0.227. The lowest BCUT2D eigenvalue weighted by molar-refractivity contribution is -0.384. The summed E-state index contributed by atoms with van der Waals surface area (Å²) in [5, 5.41) is 13.7. The minimum atomic E-state index is -0.688. The molecule has 0 radical (unpaired) electrons. The third kappa shape index (κ3) is 4.12. The van der Waals surface area contributed by atoms with Crippen molar-refractivity contribution in [3.05, 3.63) is 63.5 Å². The van der Waals surface area contributed by atoms with E-state index in [2.05, 4.69) is 5.32 Å². The van der Waals surface area contributed by atoms with Crippen LogP contribution in [0.15, 0.2) is 36.4 Å². The maximum Gasteiger partial charge on any atom is 0.414 e. The molecule has 170 valence electrons. The first-order valence-corrected chi connectivity index (χ1v) is 9.96. The molecule has 0 aliphatic carbocycles. The van der Waals surface area contributed by atoms with Gasteiger partial charge in [0.15, 0.2) is 0 Å². The maximum absolute atomic E-state index is 14.9. The maximum atomic E-state index is 14.9. The first-order chi connectivity index (χ1) is 15.7. The van der Waals surface area contributed by atoms with Crippen molar-refractivity contribution >= 4 is 46.6 Å². The van der Waals surface area contributed by atoms with Crippen LogP contribution in [0.4, 0.5) is 26.2 Å². The van der Waals surface area contributed by atoms with E-state index in [9.17, 15) is 28.9 Å². The number of carbonyl (C=O) groups is 3. The van der Waals surface area contributed by atoms with Crippen molar-refractivity contribution in [3.8, 4) is 0 Å². The van der Waals surface area contributed by atoms with E-state index in [4.69, 9.17) is 4.74 Å². The molecule has 10 nitrogen and oxygen atoms in total. The number of ether oxygens (including phenoxy) is 1. The molecule has 1 unspecified atom stereocenters. The number of amides is 3. The fourth-order valence-electron chi connectivity index (χ4n) is 3.74. The van der Waals surface area contributed by atoms with E-state index < -0.39 is 28.8 Å². The Balaban J connectivity index is 1.62. The zero-order chi connectivity index (χ0) is 23.9. The number of rotatable bonds is 5. The molecule has 33 heavy (non-hydrogen) atoms. The molecule has 1 N–H and O–H groups in total. The van der Waals surface area contributed by atoms with Crippen LogP contribution in [-0.4, -0.2) is 49.1 Å². The highest BCUT2D eigenvalue weighted by molar-refractivity contribution is 6.35. The minimum Gasteiger partial charge on any atom is -0.442 e. The summed E-state index contributed by atoms with van der Waals surface area (Å²) in [6, 6.07) is 8.12. The Morgan fingerprint density at radius 2 is 2.06 bits per heavy atom. The van der Waals surface area contributed by atoms with E-state index in [-0.39, 0.29) is 41.5 Å². The number of nitrogens with one attached hydrogen (secondary N) is 1. The Morgan fingerprint density at radius 1 is 1.30 bits per heavy atom. The highest BCUT2D eigenvalue weighted by atomic mass is 19.1. The lowest BCUT2D eigenvalue weighted by Crippen LogP contribution is -2.33. The molecule has 0 spiro atoms. The molecule has 2 aliphatic rings. The highest BCUT2D eigenvalue weighted by Crippen LogP contribution is 2.39. The van der Waals surface area contributed by atoms with Gasteiger partial charge in [-0.2, -0.15) is 0 Å². The Bertz CT molecular complexity index is 1230. The number of nitro groups is 1. The number of nitrogens with zero attached hydrogens (tertiary/aromatic N) is 3. The zero-order valence-electron chi connectivity index (χ0n) is 17.7. The lowest BCUT2D eigenvalue weighted by Gasteiger charge is -2.14. The van der Waals surface area contributed by atoms with Gasteiger partial charge in [-0.1, -0.05) is 0 Å². The van der Waals surface area contributed by atoms with E-state index in [0.717, 1.165) is 6.07 Å². The predicted octanol–water partition coefficient (Wildman–Crippen LogP) is 2.71. The monoisotopic (exact) mass is 454 g/mol. The highest BCUT2D eigenvalue weighted by Gasteiger charge is 2.34. The summed E-state index contributed by atoms with van der Waals surface area (Å²) in [7, 11) is 1.53. The molecule has 1 saturated heterocycles. The van der Waals surface area contributed by atoms with Crippen LogP contribution < -0.4 is 15.1 Å². The van der Waals surface area contributed by atoms with Gasteiger partial charge in [-0.15, -0.1) is 0 Å². The van der Waals surface area contributed by atoms with E-state index >= 15 is 0 Å². The largest absolute Gasteiger partial charge is 0.442 e. The molecule has 1 atom stereocenters. The Hall–Kier alpha value is -4.28. The van der Waals surface area contributed by atoms with Gasteiger partial charge in [0.2, 0.25) is 5.91 Å². The number of benzene rings is 2. The Morgan fingerprint density at radius 3 is 2.73 bits per heavy atom. The van der Waals surface area contributed by atoms with E-state index in [1.54, 1.807) is 0 Å². The van der Waals surface area contributed by atoms with Gasteiger partial charge in [0.1, 0.15) is 11.9 Å². The number of carbonyl (C=O) groups excluding carboxylic acids is 3. The normalized spacial score (nSPS) is 18.5. The zero-order valence-corrected chi connectivity index (χ0v) is 17.7. The van der Waals surface area contributed by atoms with Gasteiger partial charge in [-0.25, -0.2) is 9.18 Å². The molecule has 1 fully saturated rings. The van der Waals surface area contributed by atoms with Crippen LogP contribution in [0.2, 0.25) is 0 Å². The van der Waals surface area contributed by atoms with Gasteiger partial charge in [0, 0.05) is 37.2 Å². The van der Waals surface area contributed by atoms with Gasteiger partial charge < -0.3 is 15.0 Å². The topological polar surface area (TPSA) is 122 Å². The van der Waals surface area contributed by atoms with Crippen molar-refractivity contribution in [2.24, 2.45) is 0 Å². The predicted molar refractivity (Wildman–Crippen MR) is 117 cm³/mol. The molecule has 0 aromatic heterocycles. The lowest BCUT2D eigenvalue weighted by atomic mass is 10.0. The van der Waals surface area contributed by atoms with Crippen molar-refractivity contribution in [2.75, 3.05) is 29.9 Å². The molecule has 4 rings (SSSR count). The van der Waals surface area contributed by atoms with Crippen molar-refractivity contribution in [2.45, 2.75) is 13.0 Å². The molecule has 2 aromatic rings. The molecule has 11 heteroatoms. The molecule has 0 saturated carbocycles. The summed E-state index contributed by atoms with van der Waals surface area (Å²) in [5.74, 6) is -1.36. The number of hydrogen-bond donors (Lipinski definition) is 1. The Kier molecular flexibility index (Phi) is 5.54. The number of nitro benzene ring substituents is 1. The number of halogens is 1. The summed E-state index contributed by atoms with van der Waals surface area (Å²) in [6.07, 6.45) is 0.102. The van der Waals surface area contributed by atoms with Gasteiger partial charge >= 0.3 is 6.09 Å². The summed E-state index contributed by atoms with van der Waals surface area (Å²) >= 11 is 0. The molecule has 3 amide bonds. The quantitative estimate of drug-likeness (QED) is 0.421. The summed E-state index contributed by atoms with van der Waals surface area (Å²) in [4.78, 5) is 49.1. The fourth-order valence-corrected chi connectivity index (χ4v) is 3.74. The SMILES string of the molecule is CC(=O)NCC1CN(c2ccc(/C=C3/C(=O)N(C)c4ccc([N+](=O)[O-])cc43)c(F)c2)C(=O)O1. The first kappa shape index (κ1) is 21.9. The Labute approximate surface area is 187 Å². The molecule has 2 aliphatic heterocycles. The van der Waals surface area contributed by atoms with Crippen LogP contribution in [0.5, 0.6) is 0 Å². The van der Waals surface area contributed by atoms with Crippen LogP contribution in [0, 0.1) is 15.9 Å². The number of fused-ring (bicyclic) bond motifs is 1. The number of non-ortho nitro benzene ring substituents is 1. The number of hydrogen-bond acceptors (Lipinski definition) is 6. The van der Waals surface area contributed by atoms with Gasteiger partial charge in [-0.3, -0.25) is 24.6 Å². The molecule has 2 aromatic carbocycles. The molecular weight excluding hydrogens is 435 g/mol. The second kappa shape index (κ2) is 8.34. The number of likely N-dealkylation sites (N-methyl/N-ethyl adjacent to an activating group) is 1. The summed E-state index contributed by atoms with van der Waals surface area (Å²) in [5.41, 5.74) is 1.11. The van der Waals surface area contributed by atoms with Gasteiger partial charge in [-0.05, 0) is 30.3 Å². The smallest absolute Gasteiger partial charge is 0.414 e. The number of anilines is 2. The van der Waals surface area contributed by atoms with E-state index in [1.165, 1.54) is 60.2 Å². The molecule has 2 heterocycles. The van der Waals surface area contributed by atoms with Crippen LogP contribution in [0.25, 0.3) is 11.6 Å². The van der Waals surface area contributed by atoms with E-state index in [1.807, 2.05) is 0 Å². The van der Waals surface area contributed by atoms with Crippen molar-refractivity contribution in [1.82, 2.24) is 5.32 Å². The molecular formula is C22H19FN4O6.